The van der Waals surface area contributed by atoms with E-state index >= 15 is 0 Å². The highest BCUT2D eigenvalue weighted by molar-refractivity contribution is 4.73. The van der Waals surface area contributed by atoms with E-state index in [-0.39, 0.29) is 0 Å². The van der Waals surface area contributed by atoms with Gasteiger partial charge in [-0.05, 0) is 13.5 Å². The van der Waals surface area contributed by atoms with Gasteiger partial charge >= 0.3 is 0 Å². The van der Waals surface area contributed by atoms with Crippen LogP contribution < -0.4 is 0 Å². The summed E-state index contributed by atoms with van der Waals surface area (Å²) in [5, 5.41) is 0. The first-order valence-corrected chi connectivity index (χ1v) is 2.99. The Morgan fingerprint density at radius 1 is 1.50 bits per heavy atom. The zero-order chi connectivity index (χ0) is 6.78. The highest BCUT2D eigenvalue weighted by Crippen LogP contribution is 2.05. The SMILES string of the molecule is C=C(C)[N+](C)(C)CC. The van der Waals surface area contributed by atoms with Crippen LogP contribution in [0.1, 0.15) is 13.8 Å². The number of allylic oxidation sites excluding steroid dienone is 1. The second kappa shape index (κ2) is 2.31. The molecule has 48 valence electrons. The van der Waals surface area contributed by atoms with Crippen molar-refractivity contribution in [2.24, 2.45) is 0 Å². The van der Waals surface area contributed by atoms with E-state index in [1.165, 1.54) is 5.70 Å². The number of hydrogen-bond donors (Lipinski definition) is 0. The van der Waals surface area contributed by atoms with Crippen LogP contribution in [0.15, 0.2) is 12.3 Å². The fourth-order valence-corrected chi connectivity index (χ4v) is 0.270. The maximum absolute atomic E-state index is 3.87. The highest BCUT2D eigenvalue weighted by atomic mass is 15.3. The molecule has 0 heterocycles. The number of nitrogens with zero attached hydrogens (tertiary/aromatic N) is 1. The molecule has 0 aliphatic rings. The molecule has 0 aromatic carbocycles. The molecule has 1 nitrogen and oxygen atoms in total. The lowest BCUT2D eigenvalue weighted by Gasteiger charge is -2.27. The lowest BCUT2D eigenvalue weighted by Crippen LogP contribution is -2.36. The fraction of sp³-hybridized carbons (Fsp3) is 0.714. The summed E-state index contributed by atoms with van der Waals surface area (Å²) in [6.07, 6.45) is 0. The molecule has 0 aromatic heterocycles. The van der Waals surface area contributed by atoms with Gasteiger partial charge in [0.15, 0.2) is 0 Å². The van der Waals surface area contributed by atoms with E-state index in [1.54, 1.807) is 0 Å². The molecule has 0 aliphatic heterocycles. The first kappa shape index (κ1) is 7.70. The van der Waals surface area contributed by atoms with Crippen molar-refractivity contribution >= 4 is 0 Å². The van der Waals surface area contributed by atoms with Gasteiger partial charge in [0.05, 0.1) is 26.3 Å². The Morgan fingerprint density at radius 3 is 1.88 bits per heavy atom. The molecule has 0 fully saturated rings. The van der Waals surface area contributed by atoms with Crippen LogP contribution in [0, 0.1) is 0 Å². The Morgan fingerprint density at radius 2 is 1.88 bits per heavy atom. The average molecular weight is 114 g/mol. The number of rotatable bonds is 2. The van der Waals surface area contributed by atoms with Crippen molar-refractivity contribution in [2.45, 2.75) is 13.8 Å². The van der Waals surface area contributed by atoms with Crippen LogP contribution in [0.2, 0.25) is 0 Å². The zero-order valence-electron chi connectivity index (χ0n) is 6.36. The van der Waals surface area contributed by atoms with Gasteiger partial charge < -0.3 is 4.48 Å². The standard InChI is InChI=1S/C7H16N/c1-6-8(4,5)7(2)3/h2,6H2,1,3-5H3/q+1. The minimum Gasteiger partial charge on any atom is -0.301 e. The van der Waals surface area contributed by atoms with Gasteiger partial charge in [-0.25, -0.2) is 0 Å². The van der Waals surface area contributed by atoms with Crippen molar-refractivity contribution in [2.75, 3.05) is 20.6 Å². The second-order valence-corrected chi connectivity index (χ2v) is 2.74. The van der Waals surface area contributed by atoms with Gasteiger partial charge in [0.25, 0.3) is 0 Å². The van der Waals surface area contributed by atoms with E-state index in [1.807, 2.05) is 0 Å². The predicted octanol–water partition coefficient (Wildman–Crippen LogP) is 1.62. The van der Waals surface area contributed by atoms with Gasteiger partial charge in [0.2, 0.25) is 0 Å². The summed E-state index contributed by atoms with van der Waals surface area (Å²) in [7, 11) is 4.31. The number of quaternary nitrogens is 1. The molecular formula is C7H16N+. The maximum atomic E-state index is 3.87. The minimum atomic E-state index is 0.931. The highest BCUT2D eigenvalue weighted by Gasteiger charge is 2.11. The van der Waals surface area contributed by atoms with Crippen LogP contribution in [0.25, 0.3) is 0 Å². The Balaban J connectivity index is 3.91. The molecule has 0 aromatic rings. The van der Waals surface area contributed by atoms with Crippen LogP contribution in [-0.4, -0.2) is 25.1 Å². The molecule has 0 saturated carbocycles. The molecule has 8 heavy (non-hydrogen) atoms. The molecule has 0 aliphatic carbocycles. The van der Waals surface area contributed by atoms with Crippen molar-refractivity contribution < 1.29 is 4.48 Å². The lowest BCUT2D eigenvalue weighted by atomic mass is 10.4. The summed E-state index contributed by atoms with van der Waals surface area (Å²) < 4.78 is 0.931. The third-order valence-electron chi connectivity index (χ3n) is 1.82. The molecule has 0 saturated heterocycles. The van der Waals surface area contributed by atoms with Crippen LogP contribution in [0.4, 0.5) is 0 Å². The van der Waals surface area contributed by atoms with Gasteiger partial charge in [-0.3, -0.25) is 0 Å². The van der Waals surface area contributed by atoms with Crippen LogP contribution in [-0.2, 0) is 0 Å². The molecule has 0 radical (unpaired) electrons. The molecule has 0 amide bonds. The Kier molecular flexibility index (Phi) is 2.23. The van der Waals surface area contributed by atoms with Crippen molar-refractivity contribution in [1.29, 1.82) is 0 Å². The van der Waals surface area contributed by atoms with Crippen LogP contribution in [0.5, 0.6) is 0 Å². The Hall–Kier alpha value is -0.300. The maximum Gasteiger partial charge on any atom is 0.0979 e. The summed E-state index contributed by atoms with van der Waals surface area (Å²) in [5.41, 5.74) is 1.22. The summed E-state index contributed by atoms with van der Waals surface area (Å²) in [6.45, 7) is 9.21. The van der Waals surface area contributed by atoms with Gasteiger partial charge in [-0.15, -0.1) is 0 Å². The van der Waals surface area contributed by atoms with Gasteiger partial charge in [-0.2, -0.15) is 0 Å². The molecule has 0 bridgehead atoms. The molecule has 0 rings (SSSR count). The first-order valence-electron chi connectivity index (χ1n) is 2.99. The molecule has 0 unspecified atom stereocenters. The van der Waals surface area contributed by atoms with E-state index in [2.05, 4.69) is 34.5 Å². The van der Waals surface area contributed by atoms with Gasteiger partial charge in [0.1, 0.15) is 0 Å². The molecule has 0 atom stereocenters. The summed E-state index contributed by atoms with van der Waals surface area (Å²) in [5.74, 6) is 0. The van der Waals surface area contributed by atoms with Crippen LogP contribution >= 0.6 is 0 Å². The van der Waals surface area contributed by atoms with E-state index in [0.29, 0.717) is 0 Å². The summed E-state index contributed by atoms with van der Waals surface area (Å²) in [4.78, 5) is 0. The summed E-state index contributed by atoms with van der Waals surface area (Å²) in [6, 6.07) is 0. The zero-order valence-corrected chi connectivity index (χ0v) is 6.36. The first-order chi connectivity index (χ1) is 3.50. The van der Waals surface area contributed by atoms with E-state index in [0.717, 1.165) is 11.0 Å². The Labute approximate surface area is 52.2 Å². The van der Waals surface area contributed by atoms with Crippen molar-refractivity contribution in [3.05, 3.63) is 12.3 Å². The molecule has 0 N–H and O–H groups in total. The second-order valence-electron chi connectivity index (χ2n) is 2.74. The molecule has 1 heteroatoms. The normalized spacial score (nSPS) is 11.5. The van der Waals surface area contributed by atoms with Crippen molar-refractivity contribution in [3.8, 4) is 0 Å². The molecule has 0 spiro atoms. The third-order valence-corrected chi connectivity index (χ3v) is 1.82. The quantitative estimate of drug-likeness (QED) is 0.478. The van der Waals surface area contributed by atoms with Gasteiger partial charge in [0, 0.05) is 6.92 Å². The van der Waals surface area contributed by atoms with Crippen molar-refractivity contribution in [1.82, 2.24) is 0 Å². The monoisotopic (exact) mass is 114 g/mol. The minimum absolute atomic E-state index is 0.931. The van der Waals surface area contributed by atoms with E-state index < -0.39 is 0 Å². The average Bonchev–Trinajstić information content (AvgIpc) is 1.67. The fourth-order valence-electron chi connectivity index (χ4n) is 0.270. The lowest BCUT2D eigenvalue weighted by molar-refractivity contribution is -0.850. The number of hydrogen-bond acceptors (Lipinski definition) is 0. The predicted molar refractivity (Wildman–Crippen MR) is 37.5 cm³/mol. The van der Waals surface area contributed by atoms with E-state index in [9.17, 15) is 0 Å². The van der Waals surface area contributed by atoms with Crippen molar-refractivity contribution in [3.63, 3.8) is 0 Å². The summed E-state index contributed by atoms with van der Waals surface area (Å²) >= 11 is 0. The topological polar surface area (TPSA) is 0 Å². The van der Waals surface area contributed by atoms with Crippen LogP contribution in [0.3, 0.4) is 0 Å². The van der Waals surface area contributed by atoms with E-state index in [4.69, 9.17) is 0 Å². The van der Waals surface area contributed by atoms with Gasteiger partial charge in [-0.1, -0.05) is 0 Å². The Bertz CT molecular complexity index is 92.6. The smallest absolute Gasteiger partial charge is 0.0979 e. The largest absolute Gasteiger partial charge is 0.301 e. The third kappa shape index (κ3) is 1.66. The molecular weight excluding hydrogens is 98.1 g/mol.